The number of hydrogen-bond donors (Lipinski definition) is 1. The monoisotopic (exact) mass is 154 g/mol. The molecule has 0 amide bonds. The Bertz CT molecular complexity index is 192. The van der Waals surface area contributed by atoms with E-state index in [1.54, 1.807) is 0 Å². The molecule has 0 saturated heterocycles. The Labute approximate surface area is 65.0 Å². The maximum Gasteiger partial charge on any atom is 0.163 e. The van der Waals surface area contributed by atoms with Gasteiger partial charge in [-0.2, -0.15) is 0 Å². The third kappa shape index (κ3) is 5.24. The molecule has 0 aliphatic carbocycles. The minimum atomic E-state index is -0.316. The van der Waals surface area contributed by atoms with Crippen molar-refractivity contribution in [2.75, 3.05) is 6.61 Å². The van der Waals surface area contributed by atoms with Gasteiger partial charge >= 0.3 is 0 Å². The summed E-state index contributed by atoms with van der Waals surface area (Å²) in [6.07, 6.45) is 3.41. The first-order valence-corrected chi connectivity index (χ1v) is 3.16. The summed E-state index contributed by atoms with van der Waals surface area (Å²) in [5, 5.41) is 8.26. The highest BCUT2D eigenvalue weighted by atomic mass is 16.2. The molecule has 0 spiro atoms. The normalized spacial score (nSPS) is 9.91. The molecule has 0 radical (unpaired) electrons. The SMILES string of the molecule is C=CC(=O)CC(=O)C=CCO. The van der Waals surface area contributed by atoms with E-state index in [0.717, 1.165) is 6.08 Å². The number of carbonyl (C=O) groups is 2. The standard InChI is InChI=1S/C8H10O3/c1-2-7(10)6-8(11)4-3-5-9/h2-4,9H,1,5-6H2. The van der Waals surface area contributed by atoms with Crippen LogP contribution in [0.2, 0.25) is 0 Å². The fraction of sp³-hybridized carbons (Fsp3) is 0.250. The summed E-state index contributed by atoms with van der Waals surface area (Å²) < 4.78 is 0. The van der Waals surface area contributed by atoms with Crippen LogP contribution in [0.25, 0.3) is 0 Å². The summed E-state index contributed by atoms with van der Waals surface area (Å²) in [5.41, 5.74) is 0. The number of aliphatic hydroxyl groups is 1. The largest absolute Gasteiger partial charge is 0.392 e. The first-order chi connectivity index (χ1) is 5.20. The molecule has 0 fully saturated rings. The van der Waals surface area contributed by atoms with E-state index >= 15 is 0 Å². The molecule has 11 heavy (non-hydrogen) atoms. The second-order valence-corrected chi connectivity index (χ2v) is 1.90. The number of ketones is 2. The van der Waals surface area contributed by atoms with Crippen LogP contribution < -0.4 is 0 Å². The molecule has 0 saturated carbocycles. The first-order valence-electron chi connectivity index (χ1n) is 3.16. The van der Waals surface area contributed by atoms with Crippen molar-refractivity contribution in [3.63, 3.8) is 0 Å². The smallest absolute Gasteiger partial charge is 0.163 e. The molecule has 0 aromatic carbocycles. The summed E-state index contributed by atoms with van der Waals surface area (Å²) >= 11 is 0. The van der Waals surface area contributed by atoms with Gasteiger partial charge in [-0.25, -0.2) is 0 Å². The van der Waals surface area contributed by atoms with E-state index in [1.807, 2.05) is 0 Å². The van der Waals surface area contributed by atoms with Gasteiger partial charge < -0.3 is 5.11 Å². The molecule has 0 heterocycles. The van der Waals surface area contributed by atoms with E-state index < -0.39 is 0 Å². The van der Waals surface area contributed by atoms with Crippen LogP contribution in [-0.2, 0) is 9.59 Å². The predicted molar refractivity (Wildman–Crippen MR) is 41.1 cm³/mol. The van der Waals surface area contributed by atoms with Crippen LogP contribution in [0.15, 0.2) is 24.8 Å². The van der Waals surface area contributed by atoms with E-state index in [-0.39, 0.29) is 24.6 Å². The Morgan fingerprint density at radius 3 is 2.45 bits per heavy atom. The molecule has 1 N–H and O–H groups in total. The fourth-order valence-electron chi connectivity index (χ4n) is 0.487. The molecule has 0 aliphatic rings. The van der Waals surface area contributed by atoms with Crippen molar-refractivity contribution in [1.29, 1.82) is 0 Å². The second-order valence-electron chi connectivity index (χ2n) is 1.90. The highest BCUT2D eigenvalue weighted by molar-refractivity contribution is 6.08. The van der Waals surface area contributed by atoms with Crippen molar-refractivity contribution >= 4 is 11.6 Å². The molecule has 0 aliphatic heterocycles. The summed E-state index contributed by atoms with van der Waals surface area (Å²) in [6.45, 7) is 3.03. The van der Waals surface area contributed by atoms with Crippen LogP contribution in [0, 0.1) is 0 Å². The van der Waals surface area contributed by atoms with E-state index in [1.165, 1.54) is 12.2 Å². The van der Waals surface area contributed by atoms with Gasteiger partial charge in [0.25, 0.3) is 0 Å². The Morgan fingerprint density at radius 1 is 1.36 bits per heavy atom. The van der Waals surface area contributed by atoms with Gasteiger partial charge in [0.2, 0.25) is 0 Å². The number of hydrogen-bond acceptors (Lipinski definition) is 3. The lowest BCUT2D eigenvalue weighted by Gasteiger charge is -1.87. The van der Waals surface area contributed by atoms with Gasteiger partial charge in [0.15, 0.2) is 11.6 Å². The molecule has 0 bridgehead atoms. The third-order valence-corrected chi connectivity index (χ3v) is 0.985. The van der Waals surface area contributed by atoms with E-state index in [9.17, 15) is 9.59 Å². The molecule has 3 heteroatoms. The molecule has 60 valence electrons. The van der Waals surface area contributed by atoms with Crippen LogP contribution in [0.4, 0.5) is 0 Å². The van der Waals surface area contributed by atoms with Crippen molar-refractivity contribution < 1.29 is 14.7 Å². The summed E-state index contributed by atoms with van der Waals surface area (Å²) in [4.78, 5) is 21.3. The zero-order chi connectivity index (χ0) is 8.69. The lowest BCUT2D eigenvalue weighted by molar-refractivity contribution is -0.121. The highest BCUT2D eigenvalue weighted by Crippen LogP contribution is 1.88. The minimum Gasteiger partial charge on any atom is -0.392 e. The van der Waals surface area contributed by atoms with Crippen molar-refractivity contribution in [2.45, 2.75) is 6.42 Å². The van der Waals surface area contributed by atoms with Crippen molar-refractivity contribution in [2.24, 2.45) is 0 Å². The van der Waals surface area contributed by atoms with Crippen LogP contribution in [0.1, 0.15) is 6.42 Å². The summed E-state index contributed by atoms with van der Waals surface area (Å²) in [5.74, 6) is -0.624. The van der Waals surface area contributed by atoms with Gasteiger partial charge in [0.05, 0.1) is 13.0 Å². The topological polar surface area (TPSA) is 54.4 Å². The van der Waals surface area contributed by atoms with Gasteiger partial charge in [0.1, 0.15) is 0 Å². The quantitative estimate of drug-likeness (QED) is 0.456. The Hall–Kier alpha value is -1.22. The second kappa shape index (κ2) is 5.56. The fourth-order valence-corrected chi connectivity index (χ4v) is 0.487. The molecule has 0 aromatic rings. The van der Waals surface area contributed by atoms with E-state index in [0.29, 0.717) is 0 Å². The molecule has 3 nitrogen and oxygen atoms in total. The lowest BCUT2D eigenvalue weighted by atomic mass is 10.2. The zero-order valence-electron chi connectivity index (χ0n) is 6.12. The minimum absolute atomic E-state index is 0.167. The van der Waals surface area contributed by atoms with E-state index in [4.69, 9.17) is 5.11 Å². The maximum atomic E-state index is 10.7. The van der Waals surface area contributed by atoms with Gasteiger partial charge in [-0.15, -0.1) is 0 Å². The Kier molecular flexibility index (Phi) is 4.94. The van der Waals surface area contributed by atoms with Gasteiger partial charge in [-0.3, -0.25) is 9.59 Å². The summed E-state index contributed by atoms with van der Waals surface area (Å²) in [6, 6.07) is 0. The molecule has 0 atom stereocenters. The van der Waals surface area contributed by atoms with Crippen LogP contribution in [-0.4, -0.2) is 23.3 Å². The van der Waals surface area contributed by atoms with Gasteiger partial charge in [-0.1, -0.05) is 12.7 Å². The van der Waals surface area contributed by atoms with Crippen LogP contribution >= 0.6 is 0 Å². The molecule has 0 aromatic heterocycles. The first kappa shape index (κ1) is 9.78. The van der Waals surface area contributed by atoms with Crippen molar-refractivity contribution in [3.8, 4) is 0 Å². The molecule has 0 unspecified atom stereocenters. The van der Waals surface area contributed by atoms with E-state index in [2.05, 4.69) is 6.58 Å². The predicted octanol–water partition coefficient (Wildman–Crippen LogP) is 0.249. The number of carbonyl (C=O) groups excluding carboxylic acids is 2. The van der Waals surface area contributed by atoms with Crippen LogP contribution in [0.3, 0.4) is 0 Å². The zero-order valence-corrected chi connectivity index (χ0v) is 6.12. The molecular weight excluding hydrogens is 144 g/mol. The maximum absolute atomic E-state index is 10.7. The number of aliphatic hydroxyl groups excluding tert-OH is 1. The number of allylic oxidation sites excluding steroid dienone is 2. The third-order valence-electron chi connectivity index (χ3n) is 0.985. The average molecular weight is 154 g/mol. The Morgan fingerprint density at radius 2 is 2.00 bits per heavy atom. The molecular formula is C8H10O3. The van der Waals surface area contributed by atoms with Crippen LogP contribution in [0.5, 0.6) is 0 Å². The van der Waals surface area contributed by atoms with Gasteiger partial charge in [-0.05, 0) is 12.2 Å². The lowest BCUT2D eigenvalue weighted by Crippen LogP contribution is -2.01. The highest BCUT2D eigenvalue weighted by Gasteiger charge is 2.00. The summed E-state index contributed by atoms with van der Waals surface area (Å²) in [7, 11) is 0. The average Bonchev–Trinajstić information content (AvgIpc) is 2.00. The number of rotatable bonds is 5. The van der Waals surface area contributed by atoms with Crippen molar-refractivity contribution in [3.05, 3.63) is 24.8 Å². The van der Waals surface area contributed by atoms with Gasteiger partial charge in [0, 0.05) is 0 Å². The Balaban J connectivity index is 3.78. The molecule has 0 rings (SSSR count). The van der Waals surface area contributed by atoms with Crippen molar-refractivity contribution in [1.82, 2.24) is 0 Å².